The summed E-state index contributed by atoms with van der Waals surface area (Å²) in [5.74, 6) is -0.870. The van der Waals surface area contributed by atoms with E-state index in [4.69, 9.17) is 35.4 Å². The number of rotatable bonds is 7. The quantitative estimate of drug-likeness (QED) is 0.586. The first kappa shape index (κ1) is 22.0. The molecule has 2 aromatic rings. The van der Waals surface area contributed by atoms with Gasteiger partial charge in [0.15, 0.2) is 5.11 Å². The number of anilines is 1. The van der Waals surface area contributed by atoms with Gasteiger partial charge in [0.05, 0.1) is 6.42 Å². The molecule has 9 heteroatoms. The number of carbonyl (C=O) groups excluding carboxylic acids is 2. The molecule has 5 nitrogen and oxygen atoms in total. The molecule has 2 amide bonds. The number of nitrogens with one attached hydrogen (secondary N) is 1. The monoisotopic (exact) mass is 479 g/mol. The molecule has 0 unspecified atom stereocenters. The van der Waals surface area contributed by atoms with E-state index in [9.17, 15) is 14.0 Å². The fraction of sp³-hybridized carbons (Fsp3) is 0.318. The van der Waals surface area contributed by atoms with Gasteiger partial charge in [-0.3, -0.25) is 14.5 Å². The summed E-state index contributed by atoms with van der Waals surface area (Å²) in [6, 6.07) is 10.2. The summed E-state index contributed by atoms with van der Waals surface area (Å²) >= 11 is 17.9. The fourth-order valence-corrected chi connectivity index (χ4v) is 4.62. The normalized spacial score (nSPS) is 18.6. The Labute approximate surface area is 195 Å². The minimum Gasteiger partial charge on any atom is -0.336 e. The zero-order valence-corrected chi connectivity index (χ0v) is 18.8. The standard InChI is InChI=1S/C22H20Cl2FN3O2S/c23-14-2-1-13(18(24)11-14)9-10-27-19(21(30)28(22(27)31)17-7-8-17)12-20(29)26-16-5-3-15(25)4-6-16/h1-6,11,17,19H,7-10,12H2,(H,26,29)/t19-/m0/s1. The molecule has 2 aromatic carbocycles. The van der Waals surface area contributed by atoms with E-state index in [1.807, 2.05) is 11.0 Å². The number of amides is 2. The van der Waals surface area contributed by atoms with Gasteiger partial charge in [-0.05, 0) is 73.4 Å². The average Bonchev–Trinajstić information content (AvgIpc) is 3.52. The van der Waals surface area contributed by atoms with Crippen molar-refractivity contribution in [1.29, 1.82) is 0 Å². The fourth-order valence-electron chi connectivity index (χ4n) is 3.66. The third kappa shape index (κ3) is 5.00. The van der Waals surface area contributed by atoms with E-state index < -0.39 is 6.04 Å². The maximum Gasteiger partial charge on any atom is 0.252 e. The van der Waals surface area contributed by atoms with Gasteiger partial charge < -0.3 is 10.2 Å². The highest BCUT2D eigenvalue weighted by atomic mass is 35.5. The first-order valence-electron chi connectivity index (χ1n) is 9.96. The number of benzene rings is 2. The molecule has 0 bridgehead atoms. The summed E-state index contributed by atoms with van der Waals surface area (Å²) in [6.45, 7) is 0.448. The molecule has 0 spiro atoms. The Bertz CT molecular complexity index is 1030. The minimum absolute atomic E-state index is 0.0477. The number of hydrogen-bond acceptors (Lipinski definition) is 3. The van der Waals surface area contributed by atoms with Gasteiger partial charge in [0.25, 0.3) is 5.91 Å². The van der Waals surface area contributed by atoms with Crippen molar-refractivity contribution in [2.24, 2.45) is 0 Å². The summed E-state index contributed by atoms with van der Waals surface area (Å²) in [5, 5.41) is 4.28. The van der Waals surface area contributed by atoms with Crippen LogP contribution in [0.3, 0.4) is 0 Å². The second-order valence-corrected chi connectivity index (χ2v) is 8.88. The Morgan fingerprint density at radius 1 is 1.16 bits per heavy atom. The van der Waals surface area contributed by atoms with Crippen molar-refractivity contribution >= 4 is 58.0 Å². The smallest absolute Gasteiger partial charge is 0.252 e. The van der Waals surface area contributed by atoms with Gasteiger partial charge in [0.2, 0.25) is 5.91 Å². The molecule has 1 atom stereocenters. The first-order chi connectivity index (χ1) is 14.8. The number of halogens is 3. The van der Waals surface area contributed by atoms with Crippen LogP contribution < -0.4 is 5.32 Å². The zero-order chi connectivity index (χ0) is 22.1. The minimum atomic E-state index is -0.681. The molecule has 1 N–H and O–H groups in total. The van der Waals surface area contributed by atoms with Crippen LogP contribution in [0.25, 0.3) is 0 Å². The Morgan fingerprint density at radius 3 is 2.52 bits per heavy atom. The lowest BCUT2D eigenvalue weighted by atomic mass is 10.1. The Balaban J connectivity index is 1.48. The summed E-state index contributed by atoms with van der Waals surface area (Å²) in [5.41, 5.74) is 1.36. The third-order valence-corrected chi connectivity index (χ3v) is 6.42. The molecule has 0 radical (unpaired) electrons. The highest BCUT2D eigenvalue weighted by Gasteiger charge is 2.48. The van der Waals surface area contributed by atoms with E-state index in [1.165, 1.54) is 24.3 Å². The van der Waals surface area contributed by atoms with E-state index in [0.717, 1.165) is 18.4 Å². The molecule has 1 saturated carbocycles. The molecule has 2 fully saturated rings. The predicted octanol–water partition coefficient (Wildman–Crippen LogP) is 4.66. The third-order valence-electron chi connectivity index (χ3n) is 5.41. The van der Waals surface area contributed by atoms with Crippen molar-refractivity contribution in [3.63, 3.8) is 0 Å². The van der Waals surface area contributed by atoms with Crippen LogP contribution in [0.5, 0.6) is 0 Å². The Hall–Kier alpha value is -2.22. The van der Waals surface area contributed by atoms with Crippen LogP contribution in [0.1, 0.15) is 24.8 Å². The van der Waals surface area contributed by atoms with Gasteiger partial charge in [-0.2, -0.15) is 0 Å². The molecule has 162 valence electrons. The van der Waals surface area contributed by atoms with E-state index in [1.54, 1.807) is 17.0 Å². The van der Waals surface area contributed by atoms with Crippen LogP contribution >= 0.6 is 35.4 Å². The summed E-state index contributed by atoms with van der Waals surface area (Å²) < 4.78 is 13.1. The Morgan fingerprint density at radius 2 is 1.87 bits per heavy atom. The molecule has 0 aromatic heterocycles. The van der Waals surface area contributed by atoms with Gasteiger partial charge in [0.1, 0.15) is 11.9 Å². The van der Waals surface area contributed by atoms with Crippen molar-refractivity contribution < 1.29 is 14.0 Å². The zero-order valence-electron chi connectivity index (χ0n) is 16.5. The maximum atomic E-state index is 13.1. The second-order valence-electron chi connectivity index (χ2n) is 7.68. The molecule has 2 aliphatic rings. The summed E-state index contributed by atoms with van der Waals surface area (Å²) in [7, 11) is 0. The van der Waals surface area contributed by atoms with Gasteiger partial charge in [-0.15, -0.1) is 0 Å². The van der Waals surface area contributed by atoms with E-state index in [-0.39, 0.29) is 30.1 Å². The molecular formula is C22H20Cl2FN3O2S. The number of nitrogens with zero attached hydrogens (tertiary/aromatic N) is 2. The van der Waals surface area contributed by atoms with Crippen LogP contribution in [0.2, 0.25) is 10.0 Å². The molecule has 31 heavy (non-hydrogen) atoms. The lowest BCUT2D eigenvalue weighted by Crippen LogP contribution is -2.39. The van der Waals surface area contributed by atoms with Crippen molar-refractivity contribution in [1.82, 2.24) is 9.80 Å². The predicted molar refractivity (Wildman–Crippen MR) is 123 cm³/mol. The van der Waals surface area contributed by atoms with Crippen molar-refractivity contribution in [2.45, 2.75) is 37.8 Å². The van der Waals surface area contributed by atoms with Crippen LogP contribution in [0.15, 0.2) is 42.5 Å². The molecule has 1 heterocycles. The molecule has 1 aliphatic carbocycles. The average molecular weight is 480 g/mol. The van der Waals surface area contributed by atoms with Gasteiger partial charge in [-0.1, -0.05) is 29.3 Å². The largest absolute Gasteiger partial charge is 0.336 e. The van der Waals surface area contributed by atoms with Gasteiger partial charge in [0, 0.05) is 28.3 Å². The van der Waals surface area contributed by atoms with Crippen LogP contribution in [0.4, 0.5) is 10.1 Å². The van der Waals surface area contributed by atoms with Gasteiger partial charge >= 0.3 is 0 Å². The number of carbonyl (C=O) groups is 2. The van der Waals surface area contributed by atoms with Crippen LogP contribution in [0, 0.1) is 5.82 Å². The summed E-state index contributed by atoms with van der Waals surface area (Å²) in [4.78, 5) is 29.2. The highest BCUT2D eigenvalue weighted by Crippen LogP contribution is 2.34. The van der Waals surface area contributed by atoms with E-state index in [2.05, 4.69) is 5.32 Å². The highest BCUT2D eigenvalue weighted by molar-refractivity contribution is 7.80. The molecule has 1 aliphatic heterocycles. The topological polar surface area (TPSA) is 52.7 Å². The number of thiocarbonyl (C=S) groups is 1. The molecule has 4 rings (SSSR count). The summed E-state index contributed by atoms with van der Waals surface area (Å²) in [6.07, 6.45) is 2.33. The second kappa shape index (κ2) is 9.10. The lowest BCUT2D eigenvalue weighted by Gasteiger charge is -2.24. The molecular weight excluding hydrogens is 460 g/mol. The van der Waals surface area contributed by atoms with Gasteiger partial charge in [-0.25, -0.2) is 4.39 Å². The Kier molecular flexibility index (Phi) is 6.46. The van der Waals surface area contributed by atoms with Crippen LogP contribution in [-0.2, 0) is 16.0 Å². The van der Waals surface area contributed by atoms with Crippen LogP contribution in [-0.4, -0.2) is 45.4 Å². The van der Waals surface area contributed by atoms with Crippen molar-refractivity contribution in [2.75, 3.05) is 11.9 Å². The maximum absolute atomic E-state index is 13.1. The lowest BCUT2D eigenvalue weighted by molar-refractivity contribution is -0.131. The van der Waals surface area contributed by atoms with E-state index >= 15 is 0 Å². The SMILES string of the molecule is O=C(C[C@H]1C(=O)N(C2CC2)C(=S)N1CCc1ccc(Cl)cc1Cl)Nc1ccc(F)cc1. The molecule has 1 saturated heterocycles. The van der Waals surface area contributed by atoms with Crippen molar-refractivity contribution in [3.8, 4) is 0 Å². The van der Waals surface area contributed by atoms with Crippen molar-refractivity contribution in [3.05, 3.63) is 63.9 Å². The van der Waals surface area contributed by atoms with E-state index in [0.29, 0.717) is 33.8 Å². The first-order valence-corrected chi connectivity index (χ1v) is 11.1. The number of hydrogen-bond donors (Lipinski definition) is 1.